The number of ether oxygens (including phenoxy) is 3. The molecule has 0 aliphatic rings. The van der Waals surface area contributed by atoms with Gasteiger partial charge in [-0.3, -0.25) is 9.48 Å². The predicted molar refractivity (Wildman–Crippen MR) is 88.2 cm³/mol. The summed E-state index contributed by atoms with van der Waals surface area (Å²) in [7, 11) is 6.31. The molecule has 0 aliphatic carbocycles. The monoisotopic (exact) mass is 383 g/mol. The largest absolute Gasteiger partial charge is 0.493 e. The van der Waals surface area contributed by atoms with Gasteiger partial charge in [-0.1, -0.05) is 0 Å². The van der Waals surface area contributed by atoms with E-state index in [0.717, 1.165) is 10.2 Å². The molecular weight excluding hydrogens is 366 g/mol. The van der Waals surface area contributed by atoms with Crippen molar-refractivity contribution in [3.63, 3.8) is 0 Å². The molecule has 0 unspecified atom stereocenters. The van der Waals surface area contributed by atoms with Gasteiger partial charge in [0.05, 0.1) is 49.8 Å². The molecule has 2 aromatic rings. The molecule has 1 heterocycles. The van der Waals surface area contributed by atoms with Gasteiger partial charge in [0.2, 0.25) is 5.75 Å². The Bertz CT molecular complexity index is 695. The number of carbonyl (C=O) groups excluding carboxylic acids is 1. The van der Waals surface area contributed by atoms with E-state index in [9.17, 15) is 4.79 Å². The highest BCUT2D eigenvalue weighted by atomic mass is 79.9. The summed E-state index contributed by atoms with van der Waals surface area (Å²) in [6, 6.07) is 3.30. The van der Waals surface area contributed by atoms with Crippen LogP contribution >= 0.6 is 15.9 Å². The number of halogens is 1. The van der Waals surface area contributed by atoms with E-state index in [4.69, 9.17) is 14.2 Å². The van der Waals surface area contributed by atoms with Gasteiger partial charge in [0.25, 0.3) is 5.91 Å². The molecule has 124 valence electrons. The third-order valence-electron chi connectivity index (χ3n) is 3.38. The molecule has 0 spiro atoms. The lowest BCUT2D eigenvalue weighted by molar-refractivity contribution is 0.0946. The molecule has 1 aromatic carbocycles. The Kier molecular flexibility index (Phi) is 5.49. The van der Waals surface area contributed by atoms with Crippen LogP contribution in [0, 0.1) is 0 Å². The first kappa shape index (κ1) is 17.1. The smallest absolute Gasteiger partial charge is 0.255 e. The van der Waals surface area contributed by atoms with E-state index in [1.165, 1.54) is 21.3 Å². The predicted octanol–water partition coefficient (Wildman–Crippen LogP) is 2.14. The van der Waals surface area contributed by atoms with Crippen molar-refractivity contribution < 1.29 is 19.0 Å². The zero-order chi connectivity index (χ0) is 17.0. The van der Waals surface area contributed by atoms with E-state index in [2.05, 4.69) is 26.3 Å². The van der Waals surface area contributed by atoms with Crippen LogP contribution in [0.5, 0.6) is 17.2 Å². The maximum Gasteiger partial charge on any atom is 0.255 e. The van der Waals surface area contributed by atoms with Crippen LogP contribution in [0.1, 0.15) is 16.1 Å². The molecule has 0 saturated heterocycles. The number of nitrogens with zero attached hydrogens (tertiary/aromatic N) is 2. The van der Waals surface area contributed by atoms with Crippen molar-refractivity contribution in [3.8, 4) is 17.2 Å². The Labute approximate surface area is 142 Å². The molecule has 0 saturated carbocycles. The van der Waals surface area contributed by atoms with Crippen LogP contribution < -0.4 is 19.5 Å². The molecule has 7 nitrogen and oxygen atoms in total. The first-order valence-electron chi connectivity index (χ1n) is 6.77. The zero-order valence-electron chi connectivity index (χ0n) is 13.3. The molecular formula is C15H18BrN3O4. The SMILES string of the molecule is COc1ccc(C(=O)NCc2c(Br)cnn2C)c(OC)c1OC. The van der Waals surface area contributed by atoms with Gasteiger partial charge in [0.15, 0.2) is 11.5 Å². The van der Waals surface area contributed by atoms with E-state index in [1.807, 2.05) is 7.05 Å². The standard InChI is InChI=1S/C15H18BrN3O4/c1-19-11(10(16)7-18-19)8-17-15(20)9-5-6-12(21-2)14(23-4)13(9)22-3/h5-7H,8H2,1-4H3,(H,17,20). The molecule has 0 fully saturated rings. The number of rotatable bonds is 6. The summed E-state index contributed by atoms with van der Waals surface area (Å²) >= 11 is 3.40. The number of aromatic nitrogens is 2. The van der Waals surface area contributed by atoms with Crippen LogP contribution in [0.25, 0.3) is 0 Å². The van der Waals surface area contributed by atoms with Crippen molar-refractivity contribution in [1.82, 2.24) is 15.1 Å². The van der Waals surface area contributed by atoms with Crippen LogP contribution in [0.2, 0.25) is 0 Å². The van der Waals surface area contributed by atoms with E-state index in [0.29, 0.717) is 29.4 Å². The number of carbonyl (C=O) groups is 1. The Morgan fingerprint density at radius 3 is 2.43 bits per heavy atom. The second-order valence-corrected chi connectivity index (χ2v) is 5.48. The topological polar surface area (TPSA) is 74.6 Å². The van der Waals surface area contributed by atoms with Gasteiger partial charge in [-0.25, -0.2) is 0 Å². The van der Waals surface area contributed by atoms with Gasteiger partial charge in [-0.15, -0.1) is 0 Å². The number of aryl methyl sites for hydroxylation is 1. The highest BCUT2D eigenvalue weighted by Gasteiger charge is 2.21. The average Bonchev–Trinajstić information content (AvgIpc) is 2.89. The minimum Gasteiger partial charge on any atom is -0.493 e. The first-order chi connectivity index (χ1) is 11.0. The van der Waals surface area contributed by atoms with Gasteiger partial charge in [0.1, 0.15) is 0 Å². The molecule has 0 atom stereocenters. The molecule has 0 bridgehead atoms. The number of methoxy groups -OCH3 is 3. The maximum atomic E-state index is 12.5. The van der Waals surface area contributed by atoms with E-state index < -0.39 is 0 Å². The lowest BCUT2D eigenvalue weighted by atomic mass is 10.1. The van der Waals surface area contributed by atoms with Crippen molar-refractivity contribution in [2.24, 2.45) is 7.05 Å². The van der Waals surface area contributed by atoms with Crippen molar-refractivity contribution >= 4 is 21.8 Å². The minimum absolute atomic E-state index is 0.282. The van der Waals surface area contributed by atoms with Gasteiger partial charge in [-0.2, -0.15) is 5.10 Å². The van der Waals surface area contributed by atoms with Crippen molar-refractivity contribution in [1.29, 1.82) is 0 Å². The summed E-state index contributed by atoms with van der Waals surface area (Å²) in [6.07, 6.45) is 1.68. The van der Waals surface area contributed by atoms with Crippen molar-refractivity contribution in [2.75, 3.05) is 21.3 Å². The van der Waals surface area contributed by atoms with Gasteiger partial charge in [-0.05, 0) is 28.1 Å². The molecule has 0 radical (unpaired) electrons. The first-order valence-corrected chi connectivity index (χ1v) is 7.56. The van der Waals surface area contributed by atoms with Crippen LogP contribution in [-0.2, 0) is 13.6 Å². The maximum absolute atomic E-state index is 12.5. The second kappa shape index (κ2) is 7.36. The van der Waals surface area contributed by atoms with E-state index in [-0.39, 0.29) is 5.91 Å². The second-order valence-electron chi connectivity index (χ2n) is 4.63. The Hall–Kier alpha value is -2.22. The fourth-order valence-corrected chi connectivity index (χ4v) is 2.66. The summed E-state index contributed by atoms with van der Waals surface area (Å²) in [5.41, 5.74) is 1.22. The highest BCUT2D eigenvalue weighted by molar-refractivity contribution is 9.10. The lowest BCUT2D eigenvalue weighted by Gasteiger charge is -2.15. The number of amides is 1. The average molecular weight is 384 g/mol. The molecule has 0 aliphatic heterocycles. The molecule has 1 N–H and O–H groups in total. The lowest BCUT2D eigenvalue weighted by Crippen LogP contribution is -2.25. The minimum atomic E-state index is -0.282. The third-order valence-corrected chi connectivity index (χ3v) is 4.04. The fourth-order valence-electron chi connectivity index (χ4n) is 2.17. The molecule has 1 amide bonds. The van der Waals surface area contributed by atoms with Crippen molar-refractivity contribution in [2.45, 2.75) is 6.54 Å². The van der Waals surface area contributed by atoms with Crippen LogP contribution in [0.15, 0.2) is 22.8 Å². The third kappa shape index (κ3) is 3.42. The summed E-state index contributed by atoms with van der Waals surface area (Å²) in [6.45, 7) is 0.327. The summed E-state index contributed by atoms with van der Waals surface area (Å²) < 4.78 is 18.3. The Morgan fingerprint density at radius 1 is 1.22 bits per heavy atom. The molecule has 2 rings (SSSR count). The number of hydrogen-bond donors (Lipinski definition) is 1. The summed E-state index contributed by atoms with van der Waals surface area (Å²) in [5.74, 6) is 0.920. The summed E-state index contributed by atoms with van der Waals surface area (Å²) in [5, 5.41) is 6.95. The number of benzene rings is 1. The van der Waals surface area contributed by atoms with E-state index >= 15 is 0 Å². The normalized spacial score (nSPS) is 10.3. The molecule has 23 heavy (non-hydrogen) atoms. The van der Waals surface area contributed by atoms with Gasteiger partial charge in [0, 0.05) is 7.05 Å². The van der Waals surface area contributed by atoms with Crippen LogP contribution in [0.4, 0.5) is 0 Å². The van der Waals surface area contributed by atoms with Gasteiger partial charge >= 0.3 is 0 Å². The van der Waals surface area contributed by atoms with Crippen LogP contribution in [0.3, 0.4) is 0 Å². The quantitative estimate of drug-likeness (QED) is 0.826. The fraction of sp³-hybridized carbons (Fsp3) is 0.333. The van der Waals surface area contributed by atoms with Crippen LogP contribution in [-0.4, -0.2) is 37.0 Å². The Morgan fingerprint density at radius 2 is 1.91 bits per heavy atom. The Balaban J connectivity index is 2.25. The summed E-state index contributed by atoms with van der Waals surface area (Å²) in [4.78, 5) is 12.5. The van der Waals surface area contributed by atoms with Crippen molar-refractivity contribution in [3.05, 3.63) is 34.1 Å². The molecule has 8 heteroatoms. The zero-order valence-corrected chi connectivity index (χ0v) is 14.9. The number of hydrogen-bond acceptors (Lipinski definition) is 5. The highest BCUT2D eigenvalue weighted by Crippen LogP contribution is 2.39. The number of nitrogens with one attached hydrogen (secondary N) is 1. The van der Waals surface area contributed by atoms with Gasteiger partial charge < -0.3 is 19.5 Å². The van der Waals surface area contributed by atoms with E-state index in [1.54, 1.807) is 23.0 Å². The molecule has 1 aromatic heterocycles.